The molecule has 2 rings (SSSR count). The van der Waals surface area contributed by atoms with Gasteiger partial charge in [-0.05, 0) is 32.7 Å². The Morgan fingerprint density at radius 1 is 1.63 bits per heavy atom. The Morgan fingerprint density at radius 2 is 2.32 bits per heavy atom. The highest BCUT2D eigenvalue weighted by atomic mass is 35.5. The molecule has 1 unspecified atom stereocenters. The van der Waals surface area contributed by atoms with Crippen molar-refractivity contribution < 1.29 is 4.79 Å². The minimum Gasteiger partial charge on any atom is -0.341 e. The molecule has 1 fully saturated rings. The van der Waals surface area contributed by atoms with Crippen LogP contribution in [-0.4, -0.2) is 40.7 Å². The normalized spacial score (nSPS) is 15.7. The quantitative estimate of drug-likeness (QED) is 0.859. The summed E-state index contributed by atoms with van der Waals surface area (Å²) in [6, 6.07) is -0.280. The Bertz CT molecular complexity index is 417. The maximum absolute atomic E-state index is 12.5. The molecular weight excluding hydrogens is 264 g/mol. The average Bonchev–Trinajstić information content (AvgIpc) is 3.09. The van der Waals surface area contributed by atoms with Crippen molar-refractivity contribution in [3.05, 3.63) is 18.0 Å². The van der Waals surface area contributed by atoms with Crippen LogP contribution in [0.4, 0.5) is 0 Å². The number of halogens is 1. The second kappa shape index (κ2) is 6.91. The van der Waals surface area contributed by atoms with E-state index < -0.39 is 0 Å². The van der Waals surface area contributed by atoms with E-state index in [9.17, 15) is 4.79 Å². The van der Waals surface area contributed by atoms with Gasteiger partial charge < -0.3 is 10.2 Å². The van der Waals surface area contributed by atoms with E-state index >= 15 is 0 Å². The molecule has 108 valence electrons. The molecule has 0 saturated heterocycles. The van der Waals surface area contributed by atoms with Crippen LogP contribution in [0, 0.1) is 5.92 Å². The minimum atomic E-state index is -0.280. The number of carbonyl (C=O) groups excluding carboxylic acids is 1. The first-order valence-corrected chi connectivity index (χ1v) is 6.60. The summed E-state index contributed by atoms with van der Waals surface area (Å²) in [6.45, 7) is 3.71. The molecule has 1 amide bonds. The third-order valence-electron chi connectivity index (χ3n) is 3.46. The number of rotatable bonds is 6. The summed E-state index contributed by atoms with van der Waals surface area (Å²) in [4.78, 5) is 14.5. The van der Waals surface area contributed by atoms with Crippen LogP contribution in [-0.2, 0) is 11.8 Å². The third-order valence-corrected chi connectivity index (χ3v) is 3.46. The van der Waals surface area contributed by atoms with E-state index in [-0.39, 0.29) is 24.4 Å². The molecule has 1 saturated carbocycles. The molecule has 1 atom stereocenters. The van der Waals surface area contributed by atoms with Gasteiger partial charge in [-0.2, -0.15) is 5.10 Å². The lowest BCUT2D eigenvalue weighted by atomic mass is 10.1. The van der Waals surface area contributed by atoms with E-state index in [0.717, 1.165) is 24.6 Å². The highest BCUT2D eigenvalue weighted by Crippen LogP contribution is 2.30. The van der Waals surface area contributed by atoms with Crippen molar-refractivity contribution in [2.24, 2.45) is 13.0 Å². The van der Waals surface area contributed by atoms with E-state index in [0.29, 0.717) is 0 Å². The number of hydrogen-bond donors (Lipinski definition) is 1. The SMILES string of the molecule is CCN(CC1CC1)C(=O)C(NC)c1cnn(C)c1.Cl. The topological polar surface area (TPSA) is 50.2 Å². The highest BCUT2D eigenvalue weighted by Gasteiger charge is 2.30. The van der Waals surface area contributed by atoms with Gasteiger partial charge in [0.15, 0.2) is 0 Å². The zero-order chi connectivity index (χ0) is 13.1. The van der Waals surface area contributed by atoms with Crippen molar-refractivity contribution in [3.8, 4) is 0 Å². The van der Waals surface area contributed by atoms with E-state index in [4.69, 9.17) is 0 Å². The Balaban J connectivity index is 0.00000180. The molecule has 1 heterocycles. The highest BCUT2D eigenvalue weighted by molar-refractivity contribution is 5.85. The van der Waals surface area contributed by atoms with Crippen molar-refractivity contribution in [1.82, 2.24) is 20.0 Å². The van der Waals surface area contributed by atoms with Crippen LogP contribution in [0.2, 0.25) is 0 Å². The first-order valence-electron chi connectivity index (χ1n) is 6.60. The molecule has 0 radical (unpaired) electrons. The summed E-state index contributed by atoms with van der Waals surface area (Å²) in [5, 5.41) is 7.23. The standard InChI is InChI=1S/C13H22N4O.ClH/c1-4-17(8-10-5-6-10)13(18)12(14-2)11-7-15-16(3)9-11;/h7,9-10,12,14H,4-6,8H2,1-3H3;1H. The number of aromatic nitrogens is 2. The van der Waals surface area contributed by atoms with Gasteiger partial charge in [-0.15, -0.1) is 12.4 Å². The van der Waals surface area contributed by atoms with Gasteiger partial charge in [0, 0.05) is 31.9 Å². The zero-order valence-electron chi connectivity index (χ0n) is 11.8. The maximum atomic E-state index is 12.5. The van der Waals surface area contributed by atoms with Gasteiger partial charge in [-0.3, -0.25) is 9.48 Å². The molecule has 0 aliphatic heterocycles. The molecule has 1 aromatic heterocycles. The zero-order valence-corrected chi connectivity index (χ0v) is 12.6. The van der Waals surface area contributed by atoms with Crippen LogP contribution in [0.1, 0.15) is 31.4 Å². The largest absolute Gasteiger partial charge is 0.341 e. The number of nitrogens with zero attached hydrogens (tertiary/aromatic N) is 3. The van der Waals surface area contributed by atoms with Gasteiger partial charge >= 0.3 is 0 Å². The van der Waals surface area contributed by atoms with Crippen LogP contribution < -0.4 is 5.32 Å². The number of carbonyl (C=O) groups is 1. The second-order valence-corrected chi connectivity index (χ2v) is 4.99. The third kappa shape index (κ3) is 3.94. The summed E-state index contributed by atoms with van der Waals surface area (Å²) >= 11 is 0. The van der Waals surface area contributed by atoms with Gasteiger partial charge in [0.2, 0.25) is 5.91 Å². The summed E-state index contributed by atoms with van der Waals surface area (Å²) in [6.07, 6.45) is 6.18. The summed E-state index contributed by atoms with van der Waals surface area (Å²) in [7, 11) is 3.68. The average molecular weight is 287 g/mol. The molecule has 1 aliphatic carbocycles. The van der Waals surface area contributed by atoms with E-state index in [1.54, 1.807) is 10.9 Å². The predicted molar refractivity (Wildman–Crippen MR) is 77.2 cm³/mol. The van der Waals surface area contributed by atoms with Gasteiger partial charge in [-0.1, -0.05) is 0 Å². The summed E-state index contributed by atoms with van der Waals surface area (Å²) < 4.78 is 1.73. The smallest absolute Gasteiger partial charge is 0.244 e. The van der Waals surface area contributed by atoms with E-state index in [1.807, 2.05) is 32.1 Å². The lowest BCUT2D eigenvalue weighted by Gasteiger charge is -2.25. The van der Waals surface area contributed by atoms with E-state index in [2.05, 4.69) is 10.4 Å². The number of nitrogens with one attached hydrogen (secondary N) is 1. The maximum Gasteiger partial charge on any atom is 0.244 e. The first-order chi connectivity index (χ1) is 8.65. The first kappa shape index (κ1) is 16.0. The lowest BCUT2D eigenvalue weighted by Crippen LogP contribution is -2.40. The number of hydrogen-bond acceptors (Lipinski definition) is 3. The fourth-order valence-corrected chi connectivity index (χ4v) is 2.19. The lowest BCUT2D eigenvalue weighted by molar-refractivity contribution is -0.133. The Hall–Kier alpha value is -1.07. The number of likely N-dealkylation sites (N-methyl/N-ethyl adjacent to an activating group) is 2. The molecule has 19 heavy (non-hydrogen) atoms. The van der Waals surface area contributed by atoms with Crippen LogP contribution >= 0.6 is 12.4 Å². The van der Waals surface area contributed by atoms with Gasteiger partial charge in [-0.25, -0.2) is 0 Å². The fraction of sp³-hybridized carbons (Fsp3) is 0.692. The number of aryl methyl sites for hydroxylation is 1. The van der Waals surface area contributed by atoms with E-state index in [1.165, 1.54) is 12.8 Å². The molecule has 0 aromatic carbocycles. The molecule has 6 heteroatoms. The van der Waals surface area contributed by atoms with Crippen LogP contribution in [0.3, 0.4) is 0 Å². The Morgan fingerprint density at radius 3 is 2.74 bits per heavy atom. The van der Waals surface area contributed by atoms with Gasteiger partial charge in [0.05, 0.1) is 6.20 Å². The van der Waals surface area contributed by atoms with Crippen molar-refractivity contribution in [2.75, 3.05) is 20.1 Å². The Kier molecular flexibility index (Phi) is 5.82. The molecule has 1 aromatic rings. The molecule has 5 nitrogen and oxygen atoms in total. The van der Waals surface area contributed by atoms with Gasteiger partial charge in [0.25, 0.3) is 0 Å². The Labute approximate surface area is 120 Å². The molecule has 1 N–H and O–H groups in total. The molecule has 0 bridgehead atoms. The van der Waals surface area contributed by atoms with Crippen LogP contribution in [0.5, 0.6) is 0 Å². The monoisotopic (exact) mass is 286 g/mol. The molecule has 1 aliphatic rings. The van der Waals surface area contributed by atoms with Crippen molar-refractivity contribution in [3.63, 3.8) is 0 Å². The fourth-order valence-electron chi connectivity index (χ4n) is 2.19. The van der Waals surface area contributed by atoms with Crippen LogP contribution in [0.15, 0.2) is 12.4 Å². The minimum absolute atomic E-state index is 0. The van der Waals surface area contributed by atoms with Crippen molar-refractivity contribution in [1.29, 1.82) is 0 Å². The van der Waals surface area contributed by atoms with Crippen LogP contribution in [0.25, 0.3) is 0 Å². The van der Waals surface area contributed by atoms with Gasteiger partial charge in [0.1, 0.15) is 6.04 Å². The van der Waals surface area contributed by atoms with Crippen molar-refractivity contribution >= 4 is 18.3 Å². The molecular formula is C13H23ClN4O. The predicted octanol–water partition coefficient (Wildman–Crippen LogP) is 1.36. The second-order valence-electron chi connectivity index (χ2n) is 4.99. The molecule has 0 spiro atoms. The summed E-state index contributed by atoms with van der Waals surface area (Å²) in [5.41, 5.74) is 0.930. The van der Waals surface area contributed by atoms with Crippen molar-refractivity contribution in [2.45, 2.75) is 25.8 Å². The number of amides is 1. The summed E-state index contributed by atoms with van der Waals surface area (Å²) in [5.74, 6) is 0.875.